The molecular formula is C17H26N4. The van der Waals surface area contributed by atoms with Gasteiger partial charge in [-0.1, -0.05) is 33.8 Å². The smallest absolute Gasteiger partial charge is 0.153 e. The lowest BCUT2D eigenvalue weighted by molar-refractivity contribution is 0.585. The fourth-order valence-electron chi connectivity index (χ4n) is 2.29. The molecule has 0 aliphatic heterocycles. The molecule has 0 spiro atoms. The van der Waals surface area contributed by atoms with Crippen LogP contribution in [0.3, 0.4) is 0 Å². The number of nitrogens with zero attached hydrogens (tertiary/aromatic N) is 3. The maximum Gasteiger partial charge on any atom is 0.153 e. The summed E-state index contributed by atoms with van der Waals surface area (Å²) in [6, 6.07) is 6.87. The summed E-state index contributed by atoms with van der Waals surface area (Å²) in [6.45, 7) is 11.5. The highest BCUT2D eigenvalue weighted by molar-refractivity contribution is 5.32. The number of aromatic nitrogens is 3. The number of rotatable bonds is 6. The molecule has 0 amide bonds. The topological polar surface area (TPSA) is 42.7 Å². The lowest BCUT2D eigenvalue weighted by Gasteiger charge is -2.12. The van der Waals surface area contributed by atoms with Crippen molar-refractivity contribution in [2.75, 3.05) is 0 Å². The van der Waals surface area contributed by atoms with Crippen LogP contribution in [-0.4, -0.2) is 20.8 Å². The number of hydrogen-bond acceptors (Lipinski definition) is 3. The highest BCUT2D eigenvalue weighted by Crippen LogP contribution is 2.15. The molecule has 0 unspecified atom stereocenters. The highest BCUT2D eigenvalue weighted by Gasteiger charge is 2.10. The molecule has 0 aliphatic carbocycles. The maximum absolute atomic E-state index is 4.74. The molecule has 21 heavy (non-hydrogen) atoms. The summed E-state index contributed by atoms with van der Waals surface area (Å²) in [4.78, 5) is 4.74. The van der Waals surface area contributed by atoms with Gasteiger partial charge in [0.1, 0.15) is 0 Å². The van der Waals surface area contributed by atoms with E-state index in [2.05, 4.69) is 63.2 Å². The van der Waals surface area contributed by atoms with E-state index < -0.39 is 0 Å². The van der Waals surface area contributed by atoms with Gasteiger partial charge >= 0.3 is 0 Å². The summed E-state index contributed by atoms with van der Waals surface area (Å²) in [7, 11) is 0. The lowest BCUT2D eigenvalue weighted by Crippen LogP contribution is -2.22. The summed E-state index contributed by atoms with van der Waals surface area (Å²) >= 11 is 0. The molecule has 0 saturated carbocycles. The van der Waals surface area contributed by atoms with Gasteiger partial charge in [0.15, 0.2) is 5.82 Å². The molecule has 4 nitrogen and oxygen atoms in total. The minimum atomic E-state index is 0.481. The van der Waals surface area contributed by atoms with Crippen molar-refractivity contribution in [3.05, 3.63) is 40.8 Å². The minimum absolute atomic E-state index is 0.481. The van der Waals surface area contributed by atoms with Gasteiger partial charge in [-0.05, 0) is 37.5 Å². The Morgan fingerprint density at radius 2 is 1.95 bits per heavy atom. The van der Waals surface area contributed by atoms with E-state index in [0.29, 0.717) is 6.04 Å². The summed E-state index contributed by atoms with van der Waals surface area (Å²) in [5, 5.41) is 8.09. The summed E-state index contributed by atoms with van der Waals surface area (Å²) in [5.41, 5.74) is 4.65. The van der Waals surface area contributed by atoms with Gasteiger partial charge in [0.25, 0.3) is 0 Å². The summed E-state index contributed by atoms with van der Waals surface area (Å²) in [5.74, 6) is 0.914. The van der Waals surface area contributed by atoms with Gasteiger partial charge in [-0.25, -0.2) is 9.67 Å². The van der Waals surface area contributed by atoms with E-state index in [-0.39, 0.29) is 0 Å². The van der Waals surface area contributed by atoms with Crippen molar-refractivity contribution in [1.29, 1.82) is 0 Å². The Hall–Kier alpha value is -1.68. The SMILES string of the molecule is CCc1cc(CC)n(-c2ccc(CNC(C)C)c(C)n2)n1. The molecule has 4 heteroatoms. The average Bonchev–Trinajstić information content (AvgIpc) is 2.89. The first-order valence-electron chi connectivity index (χ1n) is 7.83. The lowest BCUT2D eigenvalue weighted by atomic mass is 10.2. The Labute approximate surface area is 127 Å². The van der Waals surface area contributed by atoms with Gasteiger partial charge in [-0.2, -0.15) is 5.10 Å². The van der Waals surface area contributed by atoms with E-state index in [9.17, 15) is 0 Å². The van der Waals surface area contributed by atoms with Crippen LogP contribution in [0.5, 0.6) is 0 Å². The van der Waals surface area contributed by atoms with E-state index >= 15 is 0 Å². The van der Waals surface area contributed by atoms with Crippen LogP contribution in [0.15, 0.2) is 18.2 Å². The van der Waals surface area contributed by atoms with Crippen LogP contribution >= 0.6 is 0 Å². The van der Waals surface area contributed by atoms with Crippen molar-refractivity contribution >= 4 is 0 Å². The minimum Gasteiger partial charge on any atom is -0.310 e. The maximum atomic E-state index is 4.74. The monoisotopic (exact) mass is 286 g/mol. The van der Waals surface area contributed by atoms with Gasteiger partial charge in [0.2, 0.25) is 0 Å². The molecule has 2 aromatic rings. The first kappa shape index (κ1) is 15.7. The quantitative estimate of drug-likeness (QED) is 0.886. The van der Waals surface area contributed by atoms with E-state index in [1.807, 2.05) is 4.68 Å². The van der Waals surface area contributed by atoms with Gasteiger partial charge in [-0.3, -0.25) is 0 Å². The second-order valence-electron chi connectivity index (χ2n) is 5.70. The standard InChI is InChI=1S/C17H26N4/c1-6-15-10-16(7-2)21(20-15)17-9-8-14(13(5)19-17)11-18-12(3)4/h8-10,12,18H,6-7,11H2,1-5H3. The molecular weight excluding hydrogens is 260 g/mol. The van der Waals surface area contributed by atoms with Crippen LogP contribution in [0.2, 0.25) is 0 Å². The fraction of sp³-hybridized carbons (Fsp3) is 0.529. The van der Waals surface area contributed by atoms with Crippen molar-refractivity contribution in [1.82, 2.24) is 20.1 Å². The Balaban J connectivity index is 2.29. The van der Waals surface area contributed by atoms with E-state index in [4.69, 9.17) is 4.98 Å². The first-order valence-corrected chi connectivity index (χ1v) is 7.83. The highest BCUT2D eigenvalue weighted by atomic mass is 15.3. The Morgan fingerprint density at radius 1 is 1.19 bits per heavy atom. The molecule has 0 atom stereocenters. The Bertz CT molecular complexity index is 599. The van der Waals surface area contributed by atoms with Crippen molar-refractivity contribution < 1.29 is 0 Å². The zero-order chi connectivity index (χ0) is 15.4. The second-order valence-corrected chi connectivity index (χ2v) is 5.70. The zero-order valence-corrected chi connectivity index (χ0v) is 13.8. The normalized spacial score (nSPS) is 11.3. The van der Waals surface area contributed by atoms with Gasteiger partial charge in [0.05, 0.1) is 5.69 Å². The van der Waals surface area contributed by atoms with Crippen LogP contribution in [0.4, 0.5) is 0 Å². The number of aryl methyl sites for hydroxylation is 3. The van der Waals surface area contributed by atoms with Crippen molar-refractivity contribution in [3.63, 3.8) is 0 Å². The average molecular weight is 286 g/mol. The molecule has 1 N–H and O–H groups in total. The van der Waals surface area contributed by atoms with E-state index in [1.54, 1.807) is 0 Å². The number of hydrogen-bond donors (Lipinski definition) is 1. The molecule has 0 fully saturated rings. The number of pyridine rings is 1. The molecule has 0 bridgehead atoms. The van der Waals surface area contributed by atoms with Crippen LogP contribution in [-0.2, 0) is 19.4 Å². The third-order valence-corrected chi connectivity index (χ3v) is 3.66. The molecule has 0 saturated heterocycles. The Morgan fingerprint density at radius 3 is 2.52 bits per heavy atom. The second kappa shape index (κ2) is 6.85. The van der Waals surface area contributed by atoms with Crippen molar-refractivity contribution in [3.8, 4) is 5.82 Å². The van der Waals surface area contributed by atoms with Crippen LogP contribution < -0.4 is 5.32 Å². The van der Waals surface area contributed by atoms with Gasteiger partial charge < -0.3 is 5.32 Å². The predicted octanol–water partition coefficient (Wildman–Crippen LogP) is 3.20. The molecule has 2 rings (SSSR count). The van der Waals surface area contributed by atoms with Crippen LogP contribution in [0.1, 0.15) is 50.3 Å². The number of nitrogens with one attached hydrogen (secondary N) is 1. The van der Waals surface area contributed by atoms with Crippen LogP contribution in [0.25, 0.3) is 5.82 Å². The third kappa shape index (κ3) is 3.70. The molecule has 2 heterocycles. The largest absolute Gasteiger partial charge is 0.310 e. The van der Waals surface area contributed by atoms with E-state index in [0.717, 1.165) is 36.6 Å². The molecule has 114 valence electrons. The molecule has 2 aromatic heterocycles. The van der Waals surface area contributed by atoms with Gasteiger partial charge in [0, 0.05) is 24.0 Å². The van der Waals surface area contributed by atoms with Crippen molar-refractivity contribution in [2.45, 2.75) is 60.0 Å². The molecule has 0 radical (unpaired) electrons. The molecule has 0 aromatic carbocycles. The third-order valence-electron chi connectivity index (χ3n) is 3.66. The van der Waals surface area contributed by atoms with E-state index in [1.165, 1.54) is 11.3 Å². The first-order chi connectivity index (χ1) is 10.0. The zero-order valence-electron chi connectivity index (χ0n) is 13.8. The Kier molecular flexibility index (Phi) is 5.12. The summed E-state index contributed by atoms with van der Waals surface area (Å²) in [6.07, 6.45) is 1.92. The van der Waals surface area contributed by atoms with Gasteiger partial charge in [-0.15, -0.1) is 0 Å². The van der Waals surface area contributed by atoms with Crippen LogP contribution in [0, 0.1) is 6.92 Å². The summed E-state index contributed by atoms with van der Waals surface area (Å²) < 4.78 is 1.98. The predicted molar refractivity (Wildman–Crippen MR) is 86.8 cm³/mol. The fourth-order valence-corrected chi connectivity index (χ4v) is 2.29. The van der Waals surface area contributed by atoms with Crippen molar-refractivity contribution in [2.24, 2.45) is 0 Å². The molecule has 0 aliphatic rings.